The number of ether oxygens (including phenoxy) is 1. The van der Waals surface area contributed by atoms with Crippen molar-refractivity contribution in [1.29, 1.82) is 0 Å². The molecular weight excluding hydrogens is 524 g/mol. The number of halogens is 2. The summed E-state index contributed by atoms with van der Waals surface area (Å²) in [4.78, 5) is 12.8. The number of amides is 1. The predicted molar refractivity (Wildman–Crippen MR) is 131 cm³/mol. The van der Waals surface area contributed by atoms with Gasteiger partial charge in [-0.3, -0.25) is 4.79 Å². The zero-order valence-electron chi connectivity index (χ0n) is 17.8. The molecule has 1 saturated carbocycles. The Balaban J connectivity index is 1.43. The lowest BCUT2D eigenvalue weighted by molar-refractivity contribution is -0.118. The highest BCUT2D eigenvalue weighted by Crippen LogP contribution is 2.65. The van der Waals surface area contributed by atoms with Gasteiger partial charge < -0.3 is 10.1 Å². The third-order valence-corrected chi connectivity index (χ3v) is 8.92. The Labute approximate surface area is 195 Å². The van der Waals surface area contributed by atoms with E-state index in [1.54, 1.807) is 6.07 Å². The van der Waals surface area contributed by atoms with E-state index in [0.717, 1.165) is 44.1 Å². The Bertz CT molecular complexity index is 1210. The normalized spacial score (nSPS) is 22.2. The zero-order chi connectivity index (χ0) is 22.0. The van der Waals surface area contributed by atoms with E-state index in [2.05, 4.69) is 70.8 Å². The third-order valence-electron chi connectivity index (χ3n) is 6.42. The van der Waals surface area contributed by atoms with Crippen LogP contribution in [0.1, 0.15) is 23.5 Å². The van der Waals surface area contributed by atoms with Crippen LogP contribution in [-0.2, 0) is 21.7 Å². The summed E-state index contributed by atoms with van der Waals surface area (Å²) in [5, 5.41) is 8.67. The number of hydrogen-bond donors (Lipinski definition) is 1. The number of nitrogens with one attached hydrogen (secondary N) is 1. The summed E-state index contributed by atoms with van der Waals surface area (Å²) < 4.78 is 22.7. The van der Waals surface area contributed by atoms with Crippen LogP contribution in [0.15, 0.2) is 36.4 Å². The smallest absolute Gasteiger partial charge is 0.235 e. The predicted octanol–water partition coefficient (Wildman–Crippen LogP) is 5.47. The number of benzene rings is 2. The van der Waals surface area contributed by atoms with Crippen molar-refractivity contribution in [3.8, 4) is 0 Å². The molecule has 3 aromatic rings. The standard InChI is InChI=1S/C23H25FIN3O2Si/c1-31(2,3)9-8-30-13-28-20-10-14(4-6-16(20)21(25)27-28)18-12-23(18)17-11-15(24)5-7-19(17)26-22(23)29/h4-7,10-11,18H,8-9,12-13H2,1-3H3,(H,26,29)/t18-,23-/m0/s1. The van der Waals surface area contributed by atoms with Gasteiger partial charge in [0.1, 0.15) is 16.2 Å². The molecule has 2 heterocycles. The summed E-state index contributed by atoms with van der Waals surface area (Å²) in [5.74, 6) is -0.302. The van der Waals surface area contributed by atoms with Gasteiger partial charge in [0.25, 0.3) is 0 Å². The van der Waals surface area contributed by atoms with Gasteiger partial charge in [0, 0.05) is 31.7 Å². The van der Waals surface area contributed by atoms with E-state index in [0.29, 0.717) is 13.2 Å². The molecule has 1 N–H and O–H groups in total. The fraction of sp³-hybridized carbons (Fsp3) is 0.391. The van der Waals surface area contributed by atoms with E-state index in [9.17, 15) is 9.18 Å². The Kier molecular flexibility index (Phi) is 5.02. The number of fused-ring (bicyclic) bond motifs is 3. The maximum absolute atomic E-state index is 13.9. The number of carbonyl (C=O) groups excluding carboxylic acids is 1. The fourth-order valence-electron chi connectivity index (χ4n) is 4.56. The van der Waals surface area contributed by atoms with Crippen LogP contribution in [0.3, 0.4) is 0 Å². The molecular formula is C23H25FIN3O2Si. The van der Waals surface area contributed by atoms with Crippen molar-refractivity contribution in [3.63, 3.8) is 0 Å². The number of aromatic nitrogens is 2. The van der Waals surface area contributed by atoms with Crippen molar-refractivity contribution >= 4 is 53.2 Å². The summed E-state index contributed by atoms with van der Waals surface area (Å²) in [5.41, 5.74) is 2.94. The summed E-state index contributed by atoms with van der Waals surface area (Å²) >= 11 is 2.25. The monoisotopic (exact) mass is 549 g/mol. The molecule has 5 nitrogen and oxygen atoms in total. The van der Waals surface area contributed by atoms with Crippen LogP contribution in [0, 0.1) is 9.52 Å². The average Bonchev–Trinajstić information content (AvgIpc) is 3.31. The van der Waals surface area contributed by atoms with Crippen LogP contribution in [0.4, 0.5) is 10.1 Å². The number of carbonyl (C=O) groups is 1. The Morgan fingerprint density at radius 3 is 2.87 bits per heavy atom. The SMILES string of the molecule is C[Si](C)(C)CCOCn1nc(I)c2ccc([C@@H]3C[C@@]34C(=O)Nc3ccc(F)cc34)cc21. The van der Waals surface area contributed by atoms with Crippen LogP contribution in [-0.4, -0.2) is 30.4 Å². The van der Waals surface area contributed by atoms with Gasteiger partial charge in [0.05, 0.1) is 10.9 Å². The zero-order valence-corrected chi connectivity index (χ0v) is 21.0. The van der Waals surface area contributed by atoms with Gasteiger partial charge in [0.15, 0.2) is 0 Å². The lowest BCUT2D eigenvalue weighted by atomic mass is 9.92. The second-order valence-electron chi connectivity index (χ2n) is 9.79. The van der Waals surface area contributed by atoms with E-state index in [1.807, 2.05) is 4.68 Å². The molecule has 0 radical (unpaired) electrons. The Hall–Kier alpha value is -1.78. The molecule has 162 valence electrons. The maximum Gasteiger partial charge on any atom is 0.235 e. The number of hydrogen-bond acceptors (Lipinski definition) is 3. The van der Waals surface area contributed by atoms with Gasteiger partial charge in [-0.15, -0.1) is 0 Å². The molecule has 1 aromatic heterocycles. The van der Waals surface area contributed by atoms with Crippen molar-refractivity contribution in [2.24, 2.45) is 0 Å². The number of nitrogens with zero attached hydrogens (tertiary/aromatic N) is 2. The van der Waals surface area contributed by atoms with Crippen molar-refractivity contribution in [2.75, 3.05) is 11.9 Å². The molecule has 5 rings (SSSR count). The second kappa shape index (κ2) is 7.38. The summed E-state index contributed by atoms with van der Waals surface area (Å²) in [6, 6.07) is 11.9. The average molecular weight is 549 g/mol. The minimum absolute atomic E-state index is 0.0315. The number of rotatable bonds is 6. The molecule has 1 spiro atoms. The van der Waals surface area contributed by atoms with E-state index in [1.165, 1.54) is 12.1 Å². The number of anilines is 1. The van der Waals surface area contributed by atoms with Crippen molar-refractivity contribution in [2.45, 2.75) is 50.2 Å². The van der Waals surface area contributed by atoms with Crippen LogP contribution >= 0.6 is 22.6 Å². The van der Waals surface area contributed by atoms with Crippen molar-refractivity contribution < 1.29 is 13.9 Å². The van der Waals surface area contributed by atoms with E-state index in [-0.39, 0.29) is 17.6 Å². The molecule has 0 bridgehead atoms. The van der Waals surface area contributed by atoms with Crippen LogP contribution in [0.25, 0.3) is 10.9 Å². The van der Waals surface area contributed by atoms with E-state index < -0.39 is 13.5 Å². The second-order valence-corrected chi connectivity index (χ2v) is 16.4. The molecule has 2 aliphatic rings. The first-order chi connectivity index (χ1) is 14.7. The highest BCUT2D eigenvalue weighted by atomic mass is 127. The first-order valence-electron chi connectivity index (χ1n) is 10.5. The topological polar surface area (TPSA) is 56.2 Å². The molecule has 31 heavy (non-hydrogen) atoms. The van der Waals surface area contributed by atoms with E-state index >= 15 is 0 Å². The van der Waals surface area contributed by atoms with Gasteiger partial charge in [-0.1, -0.05) is 25.7 Å². The summed E-state index contributed by atoms with van der Waals surface area (Å²) in [6.07, 6.45) is 0.693. The third kappa shape index (κ3) is 3.62. The van der Waals surface area contributed by atoms with Gasteiger partial charge in [0.2, 0.25) is 5.91 Å². The molecule has 2 aromatic carbocycles. The van der Waals surface area contributed by atoms with Crippen molar-refractivity contribution in [1.82, 2.24) is 9.78 Å². The lowest BCUT2D eigenvalue weighted by Crippen LogP contribution is -2.22. The summed E-state index contributed by atoms with van der Waals surface area (Å²) in [6.45, 7) is 8.16. The first-order valence-corrected chi connectivity index (χ1v) is 15.3. The largest absolute Gasteiger partial charge is 0.360 e. The minimum Gasteiger partial charge on any atom is -0.360 e. The maximum atomic E-state index is 13.9. The van der Waals surface area contributed by atoms with Gasteiger partial charge >= 0.3 is 0 Å². The summed E-state index contributed by atoms with van der Waals surface area (Å²) in [7, 11) is -1.14. The van der Waals surface area contributed by atoms with Crippen LogP contribution < -0.4 is 5.32 Å². The molecule has 1 amide bonds. The van der Waals surface area contributed by atoms with Crippen molar-refractivity contribution in [3.05, 3.63) is 57.0 Å². The van der Waals surface area contributed by atoms with Gasteiger partial charge in [-0.2, -0.15) is 5.10 Å². The quantitative estimate of drug-likeness (QED) is 0.252. The molecule has 0 saturated heterocycles. The van der Waals surface area contributed by atoms with E-state index in [4.69, 9.17) is 4.74 Å². The molecule has 1 fully saturated rings. The molecule has 8 heteroatoms. The first kappa shape index (κ1) is 21.1. The molecule has 0 unspecified atom stereocenters. The van der Waals surface area contributed by atoms with Crippen LogP contribution in [0.5, 0.6) is 0 Å². The van der Waals surface area contributed by atoms with Gasteiger partial charge in [-0.05, 0) is 76.5 Å². The fourth-order valence-corrected chi connectivity index (χ4v) is 6.03. The highest BCUT2D eigenvalue weighted by Gasteiger charge is 2.65. The molecule has 1 aliphatic heterocycles. The molecule has 1 aliphatic carbocycles. The minimum atomic E-state index is -1.14. The van der Waals surface area contributed by atoms with Gasteiger partial charge in [-0.25, -0.2) is 9.07 Å². The Morgan fingerprint density at radius 2 is 2.10 bits per heavy atom. The highest BCUT2D eigenvalue weighted by molar-refractivity contribution is 14.1. The lowest BCUT2D eigenvalue weighted by Gasteiger charge is -2.15. The Morgan fingerprint density at radius 1 is 1.29 bits per heavy atom. The van der Waals surface area contributed by atoms with Crippen LogP contribution in [0.2, 0.25) is 25.7 Å². The molecule has 2 atom stereocenters.